The average Bonchev–Trinajstić information content (AvgIpc) is 3.27. The van der Waals surface area contributed by atoms with Crippen LogP contribution < -0.4 is 4.90 Å². The molecule has 0 atom stereocenters. The van der Waals surface area contributed by atoms with Crippen molar-refractivity contribution in [1.82, 2.24) is 14.3 Å². The topological polar surface area (TPSA) is 110 Å². The van der Waals surface area contributed by atoms with Gasteiger partial charge >= 0.3 is 5.97 Å². The maximum absolute atomic E-state index is 12.7. The van der Waals surface area contributed by atoms with Crippen molar-refractivity contribution in [3.63, 3.8) is 0 Å². The Kier molecular flexibility index (Phi) is 7.01. The standard InChI is InChI=1S/C22H24N4O5S2/c1-2-26(22-24-18-7-3-4-8-19(18)32-22)20(27)15-31-21(28)16-9-12-25(13-10-16)33(29,30)17-6-5-11-23-14-17/h3-8,11,14,16H,2,9-10,12-13,15H2,1H3. The van der Waals surface area contributed by atoms with E-state index in [0.29, 0.717) is 24.5 Å². The van der Waals surface area contributed by atoms with Crippen molar-refractivity contribution in [1.29, 1.82) is 0 Å². The maximum atomic E-state index is 12.7. The van der Waals surface area contributed by atoms with E-state index < -0.39 is 21.9 Å². The van der Waals surface area contributed by atoms with Crippen molar-refractivity contribution < 1.29 is 22.7 Å². The molecule has 0 bridgehead atoms. The lowest BCUT2D eigenvalue weighted by Crippen LogP contribution is -2.41. The summed E-state index contributed by atoms with van der Waals surface area (Å²) in [5.41, 5.74) is 0.814. The Morgan fingerprint density at radius 1 is 1.18 bits per heavy atom. The number of likely N-dealkylation sites (N-methyl/N-ethyl adjacent to an activating group) is 1. The highest BCUT2D eigenvalue weighted by molar-refractivity contribution is 7.89. The van der Waals surface area contributed by atoms with Gasteiger partial charge in [0.05, 0.1) is 16.1 Å². The number of fused-ring (bicyclic) bond motifs is 1. The number of carbonyl (C=O) groups excluding carboxylic acids is 2. The summed E-state index contributed by atoms with van der Waals surface area (Å²) in [5.74, 6) is -1.28. The molecule has 11 heteroatoms. The summed E-state index contributed by atoms with van der Waals surface area (Å²) < 4.78 is 33.0. The predicted octanol–water partition coefficient (Wildman–Crippen LogP) is 2.69. The van der Waals surface area contributed by atoms with E-state index in [2.05, 4.69) is 9.97 Å². The van der Waals surface area contributed by atoms with E-state index in [1.54, 1.807) is 6.07 Å². The van der Waals surface area contributed by atoms with Crippen LogP contribution in [-0.2, 0) is 24.3 Å². The number of para-hydroxylation sites is 1. The van der Waals surface area contributed by atoms with Crippen LogP contribution in [0, 0.1) is 5.92 Å². The molecule has 9 nitrogen and oxygen atoms in total. The molecule has 1 fully saturated rings. The zero-order chi connectivity index (χ0) is 23.4. The monoisotopic (exact) mass is 488 g/mol. The normalized spacial score (nSPS) is 15.4. The number of anilines is 1. The predicted molar refractivity (Wildman–Crippen MR) is 124 cm³/mol. The van der Waals surface area contributed by atoms with Gasteiger partial charge in [-0.15, -0.1) is 0 Å². The number of amides is 1. The first kappa shape index (κ1) is 23.3. The number of pyridine rings is 1. The molecule has 0 unspecified atom stereocenters. The van der Waals surface area contributed by atoms with Crippen LogP contribution in [0.25, 0.3) is 10.2 Å². The first-order chi connectivity index (χ1) is 15.9. The fourth-order valence-electron chi connectivity index (χ4n) is 3.70. The van der Waals surface area contributed by atoms with Crippen LogP contribution in [0.2, 0.25) is 0 Å². The molecule has 1 aliphatic rings. The Labute approximate surface area is 196 Å². The molecule has 0 saturated carbocycles. The first-order valence-electron chi connectivity index (χ1n) is 10.6. The van der Waals surface area contributed by atoms with Crippen LogP contribution in [0.4, 0.5) is 5.13 Å². The molecular weight excluding hydrogens is 464 g/mol. The van der Waals surface area contributed by atoms with Crippen molar-refractivity contribution in [2.45, 2.75) is 24.7 Å². The van der Waals surface area contributed by atoms with Gasteiger partial charge in [-0.05, 0) is 44.0 Å². The van der Waals surface area contributed by atoms with Crippen LogP contribution in [-0.4, -0.2) is 60.8 Å². The van der Waals surface area contributed by atoms with E-state index in [1.165, 1.54) is 39.0 Å². The number of hydrogen-bond donors (Lipinski definition) is 0. The summed E-state index contributed by atoms with van der Waals surface area (Å²) in [4.78, 5) is 35.2. The quantitative estimate of drug-likeness (QED) is 0.470. The van der Waals surface area contributed by atoms with Gasteiger partial charge in [-0.3, -0.25) is 19.5 Å². The summed E-state index contributed by atoms with van der Waals surface area (Å²) in [5, 5.41) is 0.564. The van der Waals surface area contributed by atoms with E-state index in [4.69, 9.17) is 4.74 Å². The summed E-state index contributed by atoms with van der Waals surface area (Å²) in [6.07, 6.45) is 3.50. The molecule has 3 aromatic rings. The van der Waals surface area contributed by atoms with Gasteiger partial charge in [0.1, 0.15) is 4.90 Å². The van der Waals surface area contributed by atoms with E-state index in [-0.39, 0.29) is 30.5 Å². The Morgan fingerprint density at radius 2 is 1.94 bits per heavy atom. The van der Waals surface area contributed by atoms with Gasteiger partial charge in [0, 0.05) is 32.0 Å². The Morgan fingerprint density at radius 3 is 2.61 bits per heavy atom. The summed E-state index contributed by atoms with van der Waals surface area (Å²) in [6.45, 7) is 2.28. The number of carbonyl (C=O) groups is 2. The Bertz CT molecular complexity index is 1200. The molecule has 3 heterocycles. The third-order valence-corrected chi connectivity index (χ3v) is 8.47. The second-order valence-corrected chi connectivity index (χ2v) is 10.5. The second-order valence-electron chi connectivity index (χ2n) is 7.58. The van der Waals surface area contributed by atoms with Crippen molar-refractivity contribution in [3.8, 4) is 0 Å². The lowest BCUT2D eigenvalue weighted by Gasteiger charge is -2.30. The van der Waals surface area contributed by atoms with Gasteiger partial charge in [-0.25, -0.2) is 13.4 Å². The highest BCUT2D eigenvalue weighted by Gasteiger charge is 2.33. The minimum atomic E-state index is -3.64. The number of rotatable bonds is 7. The zero-order valence-electron chi connectivity index (χ0n) is 18.1. The zero-order valence-corrected chi connectivity index (χ0v) is 19.7. The van der Waals surface area contributed by atoms with Gasteiger partial charge in [0.15, 0.2) is 11.7 Å². The molecule has 1 aliphatic heterocycles. The van der Waals surface area contributed by atoms with Gasteiger partial charge in [-0.1, -0.05) is 23.5 Å². The summed E-state index contributed by atoms with van der Waals surface area (Å²) >= 11 is 1.41. The molecule has 1 aromatic carbocycles. The third kappa shape index (κ3) is 5.05. The molecule has 33 heavy (non-hydrogen) atoms. The number of benzene rings is 1. The molecule has 0 radical (unpaired) electrons. The Hall–Kier alpha value is -2.89. The van der Waals surface area contributed by atoms with Crippen LogP contribution >= 0.6 is 11.3 Å². The molecule has 0 aliphatic carbocycles. The number of piperidine rings is 1. The fraction of sp³-hybridized carbons (Fsp3) is 0.364. The smallest absolute Gasteiger partial charge is 0.309 e. The average molecular weight is 489 g/mol. The van der Waals surface area contributed by atoms with Crippen molar-refractivity contribution in [2.75, 3.05) is 31.1 Å². The van der Waals surface area contributed by atoms with Crippen LogP contribution in [0.15, 0.2) is 53.7 Å². The number of hydrogen-bond acceptors (Lipinski definition) is 8. The summed E-state index contributed by atoms with van der Waals surface area (Å²) in [6, 6.07) is 10.7. The van der Waals surface area contributed by atoms with E-state index in [1.807, 2.05) is 31.2 Å². The number of sulfonamides is 1. The maximum Gasteiger partial charge on any atom is 0.309 e. The SMILES string of the molecule is CCN(C(=O)COC(=O)C1CCN(S(=O)(=O)c2cccnc2)CC1)c1nc2ccccc2s1. The van der Waals surface area contributed by atoms with Crippen molar-refractivity contribution >= 4 is 48.6 Å². The van der Waals surface area contributed by atoms with Crippen LogP contribution in [0.1, 0.15) is 19.8 Å². The van der Waals surface area contributed by atoms with Gasteiger partial charge in [0.2, 0.25) is 10.0 Å². The van der Waals surface area contributed by atoms with Crippen molar-refractivity contribution in [2.24, 2.45) is 5.92 Å². The highest BCUT2D eigenvalue weighted by Crippen LogP contribution is 2.29. The molecular formula is C22H24N4O5S2. The fourth-order valence-corrected chi connectivity index (χ4v) is 6.18. The largest absolute Gasteiger partial charge is 0.455 e. The number of ether oxygens (including phenoxy) is 1. The van der Waals surface area contributed by atoms with E-state index in [9.17, 15) is 18.0 Å². The molecule has 174 valence electrons. The van der Waals surface area contributed by atoms with Crippen LogP contribution in [0.5, 0.6) is 0 Å². The van der Waals surface area contributed by atoms with E-state index >= 15 is 0 Å². The number of esters is 1. The lowest BCUT2D eigenvalue weighted by atomic mass is 9.98. The second kappa shape index (κ2) is 9.94. The van der Waals surface area contributed by atoms with E-state index in [0.717, 1.165) is 10.2 Å². The van der Waals surface area contributed by atoms with Gasteiger partial charge < -0.3 is 4.74 Å². The van der Waals surface area contributed by atoms with Crippen LogP contribution in [0.3, 0.4) is 0 Å². The molecule has 0 spiro atoms. The number of thiazole rings is 1. The first-order valence-corrected chi connectivity index (χ1v) is 12.9. The molecule has 2 aromatic heterocycles. The van der Waals surface area contributed by atoms with Gasteiger partial charge in [-0.2, -0.15) is 4.31 Å². The molecule has 1 saturated heterocycles. The van der Waals surface area contributed by atoms with Gasteiger partial charge in [0.25, 0.3) is 5.91 Å². The molecule has 1 amide bonds. The molecule has 0 N–H and O–H groups in total. The minimum absolute atomic E-state index is 0.131. The minimum Gasteiger partial charge on any atom is -0.455 e. The Balaban J connectivity index is 1.31. The summed E-state index contributed by atoms with van der Waals surface area (Å²) in [7, 11) is -3.64. The van der Waals surface area contributed by atoms with Crippen molar-refractivity contribution in [3.05, 3.63) is 48.8 Å². The molecule has 4 rings (SSSR count). The third-order valence-electron chi connectivity index (χ3n) is 5.53. The number of nitrogens with zero attached hydrogens (tertiary/aromatic N) is 4. The lowest BCUT2D eigenvalue weighted by molar-refractivity contribution is -0.153. The highest BCUT2D eigenvalue weighted by atomic mass is 32.2. The number of aromatic nitrogens is 2.